The van der Waals surface area contributed by atoms with Gasteiger partial charge in [0.2, 0.25) is 15.8 Å². The fraction of sp³-hybridized carbons (Fsp3) is 0.250. The van der Waals surface area contributed by atoms with E-state index in [0.717, 1.165) is 11.1 Å². The molecule has 1 aromatic heterocycles. The monoisotopic (exact) mass is 479 g/mol. The molecule has 0 unspecified atom stereocenters. The van der Waals surface area contributed by atoms with Gasteiger partial charge in [0, 0.05) is 15.9 Å². The Balaban J connectivity index is 1.90. The molecule has 0 bridgehead atoms. The van der Waals surface area contributed by atoms with Crippen molar-refractivity contribution in [1.82, 2.24) is 4.72 Å². The highest BCUT2D eigenvalue weighted by Crippen LogP contribution is 2.22. The summed E-state index contributed by atoms with van der Waals surface area (Å²) < 4.78 is 30.1. The molecule has 140 valence electrons. The van der Waals surface area contributed by atoms with E-state index in [9.17, 15) is 18.0 Å². The van der Waals surface area contributed by atoms with Crippen molar-refractivity contribution in [3.63, 3.8) is 0 Å². The standard InChI is InChI=1S/C16H15BrClNO5S2/c1-26(22,23)19-7-6-11-3-5-15(25-11)14(20)9-24-16(21)12-8-10(17)2-4-13(12)18/h2-5,8,19H,6-7,9H2,1H3. The summed E-state index contributed by atoms with van der Waals surface area (Å²) in [4.78, 5) is 25.5. The lowest BCUT2D eigenvalue weighted by Gasteiger charge is -2.05. The topological polar surface area (TPSA) is 89.5 Å². The number of sulfonamides is 1. The van der Waals surface area contributed by atoms with Crippen LogP contribution in [0, 0.1) is 0 Å². The van der Waals surface area contributed by atoms with Crippen molar-refractivity contribution in [3.8, 4) is 0 Å². The molecule has 1 N–H and O–H groups in total. The largest absolute Gasteiger partial charge is 0.454 e. The van der Waals surface area contributed by atoms with Crippen LogP contribution in [0.5, 0.6) is 0 Å². The Labute approximate surface area is 168 Å². The van der Waals surface area contributed by atoms with Crippen LogP contribution >= 0.6 is 38.9 Å². The summed E-state index contributed by atoms with van der Waals surface area (Å²) in [5, 5.41) is 0.238. The summed E-state index contributed by atoms with van der Waals surface area (Å²) in [6.45, 7) is -0.146. The smallest absolute Gasteiger partial charge is 0.340 e. The first-order chi connectivity index (χ1) is 12.2. The van der Waals surface area contributed by atoms with Crippen molar-refractivity contribution < 1.29 is 22.7 Å². The lowest BCUT2D eigenvalue weighted by atomic mass is 10.2. The summed E-state index contributed by atoms with van der Waals surface area (Å²) in [7, 11) is -3.24. The van der Waals surface area contributed by atoms with Crippen LogP contribution in [0.4, 0.5) is 0 Å². The maximum Gasteiger partial charge on any atom is 0.340 e. The van der Waals surface area contributed by atoms with Crippen LogP contribution in [-0.4, -0.2) is 39.6 Å². The summed E-state index contributed by atoms with van der Waals surface area (Å²) in [5.74, 6) is -1.02. The van der Waals surface area contributed by atoms with Gasteiger partial charge < -0.3 is 4.74 Å². The first kappa shape index (κ1) is 21.0. The van der Waals surface area contributed by atoms with E-state index < -0.39 is 22.6 Å². The van der Waals surface area contributed by atoms with Crippen molar-refractivity contribution in [3.05, 3.63) is 55.1 Å². The normalized spacial score (nSPS) is 11.3. The number of ketones is 1. The number of carbonyl (C=O) groups excluding carboxylic acids is 2. The van der Waals surface area contributed by atoms with Gasteiger partial charge in [0.15, 0.2) is 6.61 Å². The van der Waals surface area contributed by atoms with Gasteiger partial charge >= 0.3 is 5.97 Å². The fourth-order valence-electron chi connectivity index (χ4n) is 1.96. The molecule has 0 aliphatic rings. The zero-order valence-electron chi connectivity index (χ0n) is 13.6. The minimum absolute atomic E-state index is 0.174. The van der Waals surface area contributed by atoms with Crippen molar-refractivity contribution >= 4 is 60.6 Å². The summed E-state index contributed by atoms with van der Waals surface area (Å²) in [5.41, 5.74) is 0.174. The Morgan fingerprint density at radius 1 is 1.27 bits per heavy atom. The third-order valence-corrected chi connectivity index (χ3v) is 5.89. The van der Waals surface area contributed by atoms with Gasteiger partial charge in [0.25, 0.3) is 0 Å². The molecule has 2 aromatic rings. The van der Waals surface area contributed by atoms with Crippen LogP contribution < -0.4 is 4.72 Å². The van der Waals surface area contributed by atoms with Crippen LogP contribution in [0.25, 0.3) is 0 Å². The van der Waals surface area contributed by atoms with E-state index in [2.05, 4.69) is 20.7 Å². The van der Waals surface area contributed by atoms with Gasteiger partial charge in [0.05, 0.1) is 21.7 Å². The number of hydrogen-bond acceptors (Lipinski definition) is 6. The van der Waals surface area contributed by atoms with Gasteiger partial charge in [-0.1, -0.05) is 27.5 Å². The number of thiophene rings is 1. The third kappa shape index (κ3) is 6.48. The van der Waals surface area contributed by atoms with Gasteiger partial charge in [-0.3, -0.25) is 4.79 Å². The SMILES string of the molecule is CS(=O)(=O)NCCc1ccc(C(=O)COC(=O)c2cc(Br)ccc2Cl)s1. The molecule has 1 aromatic carbocycles. The van der Waals surface area contributed by atoms with Crippen molar-refractivity contribution in [1.29, 1.82) is 0 Å². The number of ether oxygens (including phenoxy) is 1. The Bertz CT molecular complexity index is 926. The summed E-state index contributed by atoms with van der Waals surface area (Å²) in [6.07, 6.45) is 1.56. The molecule has 10 heteroatoms. The van der Waals surface area contributed by atoms with Crippen molar-refractivity contribution in [2.24, 2.45) is 0 Å². The van der Waals surface area contributed by atoms with Gasteiger partial charge in [-0.15, -0.1) is 11.3 Å². The number of esters is 1. The second-order valence-electron chi connectivity index (χ2n) is 5.31. The number of rotatable bonds is 8. The average Bonchev–Trinajstić information content (AvgIpc) is 3.02. The number of nitrogens with one attached hydrogen (secondary N) is 1. The van der Waals surface area contributed by atoms with Crippen LogP contribution in [0.2, 0.25) is 5.02 Å². The summed E-state index contributed by atoms with van der Waals surface area (Å²) in [6, 6.07) is 8.14. The van der Waals surface area contributed by atoms with E-state index in [-0.39, 0.29) is 22.9 Å². The molecule has 0 aliphatic heterocycles. The number of hydrogen-bond donors (Lipinski definition) is 1. The lowest BCUT2D eigenvalue weighted by Crippen LogP contribution is -2.24. The molecule has 26 heavy (non-hydrogen) atoms. The van der Waals surface area contributed by atoms with E-state index in [1.54, 1.807) is 24.3 Å². The molecule has 6 nitrogen and oxygen atoms in total. The van der Waals surface area contributed by atoms with Gasteiger partial charge in [-0.25, -0.2) is 17.9 Å². The van der Waals surface area contributed by atoms with Gasteiger partial charge in [0.1, 0.15) is 0 Å². The fourth-order valence-corrected chi connectivity index (χ4v) is 3.92. The first-order valence-electron chi connectivity index (χ1n) is 7.34. The second-order valence-corrected chi connectivity index (χ2v) is 9.63. The number of carbonyl (C=O) groups is 2. The van der Waals surface area contributed by atoms with E-state index >= 15 is 0 Å². The van der Waals surface area contributed by atoms with Crippen molar-refractivity contribution in [2.45, 2.75) is 6.42 Å². The molecule has 0 fully saturated rings. The van der Waals surface area contributed by atoms with Crippen molar-refractivity contribution in [2.75, 3.05) is 19.4 Å². The molecule has 0 aliphatic carbocycles. The Hall–Kier alpha value is -1.26. The van der Waals surface area contributed by atoms with Gasteiger partial charge in [-0.05, 0) is 36.8 Å². The molecule has 0 radical (unpaired) electrons. The van der Waals surface area contributed by atoms with E-state index in [1.165, 1.54) is 17.4 Å². The maximum atomic E-state index is 12.2. The molecule has 0 saturated carbocycles. The second kappa shape index (κ2) is 9.09. The van der Waals surface area contributed by atoms with Crippen LogP contribution in [0.1, 0.15) is 24.9 Å². The molecule has 0 atom stereocenters. The van der Waals surface area contributed by atoms with Crippen LogP contribution in [-0.2, 0) is 21.2 Å². The van der Waals surface area contributed by atoms with E-state index in [1.807, 2.05) is 0 Å². The highest BCUT2D eigenvalue weighted by molar-refractivity contribution is 9.10. The minimum Gasteiger partial charge on any atom is -0.454 e. The number of halogens is 2. The van der Waals surface area contributed by atoms with E-state index in [0.29, 0.717) is 15.8 Å². The maximum absolute atomic E-state index is 12.2. The Morgan fingerprint density at radius 3 is 2.69 bits per heavy atom. The Kier molecular flexibility index (Phi) is 7.36. The van der Waals surface area contributed by atoms with E-state index in [4.69, 9.17) is 16.3 Å². The molecule has 2 rings (SSSR count). The first-order valence-corrected chi connectivity index (χ1v) is 11.2. The lowest BCUT2D eigenvalue weighted by molar-refractivity contribution is 0.0476. The minimum atomic E-state index is -3.24. The highest BCUT2D eigenvalue weighted by atomic mass is 79.9. The predicted octanol–water partition coefficient (Wildman–Crippen LogP) is 3.30. The molecule has 0 amide bonds. The molecule has 1 heterocycles. The number of benzene rings is 1. The highest BCUT2D eigenvalue weighted by Gasteiger charge is 2.16. The van der Waals surface area contributed by atoms with Gasteiger partial charge in [-0.2, -0.15) is 0 Å². The molecular weight excluding hydrogens is 466 g/mol. The molecule has 0 spiro atoms. The quantitative estimate of drug-likeness (QED) is 0.462. The third-order valence-electron chi connectivity index (χ3n) is 3.15. The summed E-state index contributed by atoms with van der Waals surface area (Å²) >= 11 is 10.4. The zero-order valence-corrected chi connectivity index (χ0v) is 17.6. The average molecular weight is 481 g/mol. The van der Waals surface area contributed by atoms with Crippen LogP contribution in [0.3, 0.4) is 0 Å². The Morgan fingerprint density at radius 2 is 2.00 bits per heavy atom. The number of Topliss-reactive ketones (excluding diaryl/α,β-unsaturated/α-hetero) is 1. The zero-order chi connectivity index (χ0) is 19.3. The molecule has 0 saturated heterocycles. The molecular formula is C16H15BrClNO5S2. The van der Waals surface area contributed by atoms with Crippen LogP contribution in [0.15, 0.2) is 34.8 Å². The predicted molar refractivity (Wildman–Crippen MR) is 105 cm³/mol.